The monoisotopic (exact) mass is 698 g/mol. The lowest BCUT2D eigenvalue weighted by Crippen LogP contribution is -2.54. The molecular weight excluding hydrogens is 651 g/mol. The molecule has 4 aliphatic carbocycles. The first-order valence-corrected chi connectivity index (χ1v) is 18.1. The number of allylic oxidation sites excluding steroid dienone is 1. The van der Waals surface area contributed by atoms with Gasteiger partial charge in [-0.2, -0.15) is 0 Å². The van der Waals surface area contributed by atoms with Crippen molar-refractivity contribution in [3.63, 3.8) is 0 Å². The third kappa shape index (κ3) is 6.95. The van der Waals surface area contributed by atoms with Gasteiger partial charge < -0.3 is 29.6 Å². The van der Waals surface area contributed by atoms with E-state index in [4.69, 9.17) is 18.9 Å². The topological polar surface area (TPSA) is 112 Å². The minimum absolute atomic E-state index is 0.0206. The lowest BCUT2D eigenvalue weighted by molar-refractivity contribution is -0.159. The summed E-state index contributed by atoms with van der Waals surface area (Å²) in [6, 6.07) is 16.1. The summed E-state index contributed by atoms with van der Waals surface area (Å²) in [4.78, 5) is 40.6. The zero-order valence-electron chi connectivity index (χ0n) is 29.5. The number of amides is 2. The van der Waals surface area contributed by atoms with Gasteiger partial charge in [-0.3, -0.25) is 14.4 Å². The lowest BCUT2D eigenvalue weighted by Gasteiger charge is -2.41. The molecule has 0 unspecified atom stereocenters. The molecule has 7 rings (SSSR count). The number of carbonyl (C=O) groups is 3. The summed E-state index contributed by atoms with van der Waals surface area (Å²) in [5, 5.41) is 8.33. The van der Waals surface area contributed by atoms with Crippen LogP contribution in [-0.4, -0.2) is 56.3 Å². The lowest BCUT2D eigenvalue weighted by atomic mass is 9.74. The number of esters is 1. The van der Waals surface area contributed by atoms with Crippen LogP contribution in [-0.2, 0) is 25.7 Å². The third-order valence-corrected chi connectivity index (χ3v) is 11.9. The molecule has 2 bridgehead atoms. The van der Waals surface area contributed by atoms with Crippen LogP contribution in [0.1, 0.15) is 74.2 Å². The number of fused-ring (bicyclic) bond motifs is 3. The number of halogens is 1. The molecular formula is C41H47FN2O7. The molecule has 2 N–H and O–H groups in total. The standard InChI is InChI=1S/C41H47FN2O7/c1-40(39(47)50-23-28-10-6-9-25-8-4-5-11-30(25)28)18-14-29(15-19-40)51-34-21-31(33(48-2)22-32(34)42)37(45)44-36-27-13-12-26(20-27)35(36)38(46)43-24-41(49-3)16-7-17-41/h4-6,8-13,21-22,26-27,29,35-36H,7,14-20,23-24H2,1-3H3,(H,43,46)(H,44,45)/t26-,27+,29?,35+,36-,40?/m1/s1. The van der Waals surface area contributed by atoms with Gasteiger partial charge in [-0.25, -0.2) is 4.39 Å². The van der Waals surface area contributed by atoms with E-state index in [9.17, 15) is 14.4 Å². The molecule has 0 aromatic heterocycles. The van der Waals surface area contributed by atoms with Crippen molar-refractivity contribution in [3.05, 3.63) is 83.7 Å². The van der Waals surface area contributed by atoms with Crippen LogP contribution >= 0.6 is 0 Å². The summed E-state index contributed by atoms with van der Waals surface area (Å²) in [6.07, 6.45) is 9.54. The Morgan fingerprint density at radius 3 is 2.39 bits per heavy atom. The number of benzene rings is 3. The molecule has 270 valence electrons. The Bertz CT molecular complexity index is 1820. The highest BCUT2D eigenvalue weighted by Crippen LogP contribution is 2.45. The van der Waals surface area contributed by atoms with E-state index < -0.39 is 29.1 Å². The molecule has 3 aromatic rings. The molecule has 0 saturated heterocycles. The first-order chi connectivity index (χ1) is 24.6. The number of hydrogen-bond donors (Lipinski definition) is 2. The van der Waals surface area contributed by atoms with Crippen LogP contribution in [0, 0.1) is 29.0 Å². The maximum atomic E-state index is 15.3. The van der Waals surface area contributed by atoms with E-state index >= 15 is 4.39 Å². The van der Waals surface area contributed by atoms with Crippen LogP contribution in [0.25, 0.3) is 10.8 Å². The maximum Gasteiger partial charge on any atom is 0.312 e. The van der Waals surface area contributed by atoms with Gasteiger partial charge in [-0.05, 0) is 92.5 Å². The molecule has 0 spiro atoms. The molecule has 3 saturated carbocycles. The highest BCUT2D eigenvalue weighted by molar-refractivity contribution is 5.98. The van der Waals surface area contributed by atoms with Crippen molar-refractivity contribution in [2.24, 2.45) is 23.2 Å². The predicted octanol–water partition coefficient (Wildman–Crippen LogP) is 6.66. The van der Waals surface area contributed by atoms with Crippen molar-refractivity contribution < 1.29 is 37.7 Å². The van der Waals surface area contributed by atoms with Crippen LogP contribution < -0.4 is 20.1 Å². The molecule has 4 aliphatic rings. The van der Waals surface area contributed by atoms with Gasteiger partial charge in [0.15, 0.2) is 11.6 Å². The van der Waals surface area contributed by atoms with Gasteiger partial charge >= 0.3 is 5.97 Å². The van der Waals surface area contributed by atoms with E-state index in [-0.39, 0.29) is 59.1 Å². The Morgan fingerprint density at radius 1 is 0.922 bits per heavy atom. The van der Waals surface area contributed by atoms with Gasteiger partial charge in [0, 0.05) is 25.8 Å². The van der Waals surface area contributed by atoms with Crippen LogP contribution in [0.2, 0.25) is 0 Å². The van der Waals surface area contributed by atoms with Crippen LogP contribution in [0.15, 0.2) is 66.7 Å². The third-order valence-electron chi connectivity index (χ3n) is 11.9. The quantitative estimate of drug-likeness (QED) is 0.161. The summed E-state index contributed by atoms with van der Waals surface area (Å²) in [5.74, 6) is -1.81. The minimum Gasteiger partial charge on any atom is -0.496 e. The number of ether oxygens (including phenoxy) is 4. The van der Waals surface area contributed by atoms with E-state index in [0.29, 0.717) is 32.2 Å². The Kier molecular flexibility index (Phi) is 9.80. The number of hydrogen-bond acceptors (Lipinski definition) is 7. The Labute approximate surface area is 298 Å². The average molecular weight is 699 g/mol. The maximum absolute atomic E-state index is 15.3. The molecule has 2 amide bonds. The number of carbonyl (C=O) groups excluding carboxylic acids is 3. The summed E-state index contributed by atoms with van der Waals surface area (Å²) in [7, 11) is 3.06. The summed E-state index contributed by atoms with van der Waals surface area (Å²) in [6.45, 7) is 2.54. The summed E-state index contributed by atoms with van der Waals surface area (Å²) >= 11 is 0. The van der Waals surface area contributed by atoms with Gasteiger partial charge in [0.1, 0.15) is 12.4 Å². The molecule has 10 heteroatoms. The highest BCUT2D eigenvalue weighted by Gasteiger charge is 2.50. The van der Waals surface area contributed by atoms with Crippen molar-refractivity contribution in [2.75, 3.05) is 20.8 Å². The molecule has 3 aromatic carbocycles. The van der Waals surface area contributed by atoms with Gasteiger partial charge in [-0.1, -0.05) is 54.6 Å². The van der Waals surface area contributed by atoms with Gasteiger partial charge in [0.2, 0.25) is 5.91 Å². The van der Waals surface area contributed by atoms with Crippen molar-refractivity contribution >= 4 is 28.6 Å². The summed E-state index contributed by atoms with van der Waals surface area (Å²) < 4.78 is 38.4. The van der Waals surface area contributed by atoms with Crippen molar-refractivity contribution in [1.29, 1.82) is 0 Å². The van der Waals surface area contributed by atoms with Crippen molar-refractivity contribution in [3.8, 4) is 11.5 Å². The Balaban J connectivity index is 0.976. The zero-order chi connectivity index (χ0) is 35.8. The largest absolute Gasteiger partial charge is 0.496 e. The highest BCUT2D eigenvalue weighted by atomic mass is 19.1. The van der Waals surface area contributed by atoms with E-state index in [1.165, 1.54) is 13.2 Å². The van der Waals surface area contributed by atoms with Crippen LogP contribution in [0.5, 0.6) is 11.5 Å². The molecule has 4 atom stereocenters. The normalized spacial score (nSPS) is 27.4. The second-order valence-corrected chi connectivity index (χ2v) is 15.0. The zero-order valence-corrected chi connectivity index (χ0v) is 29.5. The van der Waals surface area contributed by atoms with Crippen LogP contribution in [0.4, 0.5) is 4.39 Å². The Morgan fingerprint density at radius 2 is 1.67 bits per heavy atom. The molecule has 0 aliphatic heterocycles. The second-order valence-electron chi connectivity index (χ2n) is 15.0. The molecule has 0 radical (unpaired) electrons. The van der Waals surface area contributed by atoms with Gasteiger partial charge in [-0.15, -0.1) is 0 Å². The Hall–Kier alpha value is -4.44. The van der Waals surface area contributed by atoms with Crippen molar-refractivity contribution in [1.82, 2.24) is 10.6 Å². The fourth-order valence-electron chi connectivity index (χ4n) is 8.43. The van der Waals surface area contributed by atoms with E-state index in [1.54, 1.807) is 7.11 Å². The van der Waals surface area contributed by atoms with Crippen molar-refractivity contribution in [2.45, 2.75) is 82.6 Å². The molecule has 9 nitrogen and oxygen atoms in total. The van der Waals surface area contributed by atoms with Gasteiger partial charge in [0.25, 0.3) is 5.91 Å². The van der Waals surface area contributed by atoms with E-state index in [0.717, 1.165) is 48.1 Å². The first-order valence-electron chi connectivity index (χ1n) is 18.1. The molecule has 3 fully saturated rings. The fourth-order valence-corrected chi connectivity index (χ4v) is 8.43. The summed E-state index contributed by atoms with van der Waals surface area (Å²) in [5.41, 5.74) is 0.0910. The second kappa shape index (κ2) is 14.3. The molecule has 0 heterocycles. The van der Waals surface area contributed by atoms with E-state index in [1.807, 2.05) is 49.4 Å². The van der Waals surface area contributed by atoms with E-state index in [2.05, 4.69) is 22.8 Å². The SMILES string of the molecule is COc1cc(F)c(OC2CCC(C)(C(=O)OCc3cccc4ccccc34)CC2)cc1C(=O)N[C@H]1[C@@H](C(=O)NCC2(OC)CCC2)[C@@H]2C=C[C@H]1C2. The smallest absolute Gasteiger partial charge is 0.312 e. The van der Waals surface area contributed by atoms with Gasteiger partial charge in [0.05, 0.1) is 35.7 Å². The molecule has 51 heavy (non-hydrogen) atoms. The number of nitrogens with one attached hydrogen (secondary N) is 2. The minimum atomic E-state index is -0.687. The average Bonchev–Trinajstić information content (AvgIpc) is 3.74. The number of methoxy groups -OCH3 is 2. The van der Waals surface area contributed by atoms with Crippen LogP contribution in [0.3, 0.4) is 0 Å². The first kappa shape index (κ1) is 35.0. The number of rotatable bonds is 12. The predicted molar refractivity (Wildman–Crippen MR) is 190 cm³/mol. The fraction of sp³-hybridized carbons (Fsp3) is 0.488.